The summed E-state index contributed by atoms with van der Waals surface area (Å²) in [7, 11) is 1.59. The van der Waals surface area contributed by atoms with Gasteiger partial charge in [0.2, 0.25) is 0 Å². The molecule has 0 spiro atoms. The highest BCUT2D eigenvalue weighted by Gasteiger charge is 2.33. The van der Waals surface area contributed by atoms with Gasteiger partial charge >= 0.3 is 0 Å². The third kappa shape index (κ3) is 5.75. The number of pyridine rings is 1. The molecule has 0 saturated carbocycles. The van der Waals surface area contributed by atoms with Crippen LogP contribution in [0.1, 0.15) is 49.5 Å². The van der Waals surface area contributed by atoms with E-state index in [9.17, 15) is 9.18 Å². The van der Waals surface area contributed by atoms with Crippen LogP contribution in [-0.4, -0.2) is 43.7 Å². The second-order valence-corrected chi connectivity index (χ2v) is 10.5. The van der Waals surface area contributed by atoms with Crippen molar-refractivity contribution in [2.45, 2.75) is 45.3 Å². The fourth-order valence-electron chi connectivity index (χ4n) is 4.69. The van der Waals surface area contributed by atoms with Crippen LogP contribution in [0.4, 0.5) is 4.39 Å². The number of nitrogens with one attached hydrogen (secondary N) is 1. The summed E-state index contributed by atoms with van der Waals surface area (Å²) in [5.41, 5.74) is 1.44. The predicted octanol–water partition coefficient (Wildman–Crippen LogP) is 4.84. The molecule has 3 heterocycles. The number of furan rings is 1. The zero-order valence-corrected chi connectivity index (χ0v) is 22.4. The smallest absolute Gasteiger partial charge is 0.253 e. The maximum atomic E-state index is 13.7. The van der Waals surface area contributed by atoms with E-state index in [1.54, 1.807) is 36.3 Å². The van der Waals surface area contributed by atoms with Gasteiger partial charge in [0.05, 0.1) is 31.0 Å². The third-order valence-electron chi connectivity index (χ3n) is 6.66. The summed E-state index contributed by atoms with van der Waals surface area (Å²) in [5, 5.41) is 13.6. The molecule has 0 saturated heterocycles. The summed E-state index contributed by atoms with van der Waals surface area (Å²) < 4.78 is 26.4. The van der Waals surface area contributed by atoms with Gasteiger partial charge in [-0.2, -0.15) is 0 Å². The molecule has 0 fully saturated rings. The Hall–Kier alpha value is -4.31. The minimum atomic E-state index is -0.611. The van der Waals surface area contributed by atoms with Crippen molar-refractivity contribution in [2.24, 2.45) is 0 Å². The summed E-state index contributed by atoms with van der Waals surface area (Å²) in [5.74, 6) is 1.63. The average molecular weight is 531 g/mol. The lowest BCUT2D eigenvalue weighted by molar-refractivity contribution is 0.181. The number of tetrazole rings is 1. The minimum Gasteiger partial charge on any atom is -0.497 e. The van der Waals surface area contributed by atoms with E-state index >= 15 is 0 Å². The first kappa shape index (κ1) is 26.3. The maximum Gasteiger partial charge on any atom is 0.253 e. The number of benzene rings is 2. The number of hydrogen-bond acceptors (Lipinski definition) is 7. The molecular formula is C29H31FN6O3. The van der Waals surface area contributed by atoms with Crippen molar-refractivity contribution in [3.63, 3.8) is 0 Å². The van der Waals surface area contributed by atoms with E-state index in [-0.39, 0.29) is 11.4 Å². The Kier molecular flexibility index (Phi) is 7.30. The topological polar surface area (TPSA) is 102 Å². The van der Waals surface area contributed by atoms with E-state index < -0.39 is 11.6 Å². The van der Waals surface area contributed by atoms with Crippen LogP contribution in [0, 0.1) is 5.82 Å². The number of fused-ring (bicyclic) bond motifs is 1. The van der Waals surface area contributed by atoms with Crippen LogP contribution < -0.4 is 10.3 Å². The fraction of sp³-hybridized carbons (Fsp3) is 0.310. The summed E-state index contributed by atoms with van der Waals surface area (Å²) in [4.78, 5) is 18.8. The summed E-state index contributed by atoms with van der Waals surface area (Å²) in [6.45, 7) is 6.95. The predicted molar refractivity (Wildman–Crippen MR) is 145 cm³/mol. The van der Waals surface area contributed by atoms with E-state index in [1.165, 1.54) is 12.1 Å². The van der Waals surface area contributed by atoms with Gasteiger partial charge in [0, 0.05) is 18.2 Å². The lowest BCUT2D eigenvalue weighted by Gasteiger charge is -2.32. The Morgan fingerprint density at radius 2 is 1.92 bits per heavy atom. The van der Waals surface area contributed by atoms with Crippen LogP contribution in [0.5, 0.6) is 5.75 Å². The first-order valence-corrected chi connectivity index (χ1v) is 12.7. The molecule has 5 aromatic rings. The van der Waals surface area contributed by atoms with E-state index in [0.29, 0.717) is 42.2 Å². The highest BCUT2D eigenvalue weighted by atomic mass is 19.1. The lowest BCUT2D eigenvalue weighted by atomic mass is 10.0. The minimum absolute atomic E-state index is 0.254. The molecule has 0 unspecified atom stereocenters. The SMILES string of the molecule is COc1ccc2cc([C@H](c3nnnn3C(C)(C)C)N(CCc3ccc(F)cc3)Cc3ccco3)c(=O)[nH]c2c1. The highest BCUT2D eigenvalue weighted by molar-refractivity contribution is 5.80. The summed E-state index contributed by atoms with van der Waals surface area (Å²) in [6, 6.07) is 17.0. The fourth-order valence-corrected chi connectivity index (χ4v) is 4.69. The van der Waals surface area contributed by atoms with Gasteiger partial charge in [0.25, 0.3) is 5.56 Å². The Balaban J connectivity index is 1.65. The number of nitrogens with zero attached hydrogens (tertiary/aromatic N) is 5. The largest absolute Gasteiger partial charge is 0.497 e. The lowest BCUT2D eigenvalue weighted by Crippen LogP contribution is -2.38. The van der Waals surface area contributed by atoms with Gasteiger partial charge in [-0.25, -0.2) is 9.07 Å². The maximum absolute atomic E-state index is 13.7. The average Bonchev–Trinajstić information content (AvgIpc) is 3.61. The molecule has 10 heteroatoms. The van der Waals surface area contributed by atoms with Gasteiger partial charge in [-0.1, -0.05) is 12.1 Å². The zero-order valence-electron chi connectivity index (χ0n) is 22.4. The van der Waals surface area contributed by atoms with Crippen LogP contribution in [0.15, 0.2) is 76.1 Å². The van der Waals surface area contributed by atoms with Crippen LogP contribution in [0.3, 0.4) is 0 Å². The standard InChI is InChI=1S/C29H31FN6O3/c1-29(2,3)36-27(32-33-34-36)26(24-16-20-9-12-22(38-4)17-25(20)31-28(24)37)35(18-23-6-5-15-39-23)14-13-19-7-10-21(30)11-8-19/h5-12,15-17,26H,13-14,18H2,1-4H3,(H,31,37)/t26-/m1/s1. The van der Waals surface area contributed by atoms with Crippen molar-refractivity contribution < 1.29 is 13.5 Å². The molecule has 39 heavy (non-hydrogen) atoms. The third-order valence-corrected chi connectivity index (χ3v) is 6.66. The van der Waals surface area contributed by atoms with Gasteiger partial charge in [0.15, 0.2) is 5.82 Å². The molecule has 202 valence electrons. The molecule has 0 aliphatic carbocycles. The Labute approximate surface area is 225 Å². The second kappa shape index (κ2) is 10.8. The van der Waals surface area contributed by atoms with E-state index in [1.807, 2.05) is 51.1 Å². The van der Waals surface area contributed by atoms with E-state index in [0.717, 1.165) is 16.7 Å². The van der Waals surface area contributed by atoms with Gasteiger partial charge in [-0.15, -0.1) is 5.10 Å². The van der Waals surface area contributed by atoms with Gasteiger partial charge in [0.1, 0.15) is 23.4 Å². The van der Waals surface area contributed by atoms with Crippen molar-refractivity contribution in [1.29, 1.82) is 0 Å². The van der Waals surface area contributed by atoms with Crippen LogP contribution in [0.2, 0.25) is 0 Å². The number of methoxy groups -OCH3 is 1. The molecule has 0 amide bonds. The number of hydrogen-bond donors (Lipinski definition) is 1. The first-order chi connectivity index (χ1) is 18.7. The van der Waals surface area contributed by atoms with E-state index in [2.05, 4.69) is 25.4 Å². The van der Waals surface area contributed by atoms with Crippen molar-refractivity contribution in [3.05, 3.63) is 106 Å². The van der Waals surface area contributed by atoms with Crippen LogP contribution >= 0.6 is 0 Å². The molecule has 2 aromatic carbocycles. The monoisotopic (exact) mass is 530 g/mol. The van der Waals surface area contributed by atoms with Crippen molar-refractivity contribution in [2.75, 3.05) is 13.7 Å². The molecule has 0 aliphatic heterocycles. The Morgan fingerprint density at radius 1 is 1.13 bits per heavy atom. The molecule has 3 aromatic heterocycles. The van der Waals surface area contributed by atoms with Crippen molar-refractivity contribution in [1.82, 2.24) is 30.1 Å². The summed E-state index contributed by atoms with van der Waals surface area (Å²) >= 11 is 0. The number of aromatic nitrogens is 5. The molecule has 1 N–H and O–H groups in total. The normalized spacial score (nSPS) is 12.8. The Morgan fingerprint density at radius 3 is 2.62 bits per heavy atom. The molecular weight excluding hydrogens is 499 g/mol. The number of aromatic amines is 1. The van der Waals surface area contributed by atoms with Crippen molar-refractivity contribution in [3.8, 4) is 5.75 Å². The van der Waals surface area contributed by atoms with Crippen LogP contribution in [0.25, 0.3) is 10.9 Å². The molecule has 5 rings (SSSR count). The second-order valence-electron chi connectivity index (χ2n) is 10.5. The molecule has 0 radical (unpaired) electrons. The molecule has 0 bridgehead atoms. The summed E-state index contributed by atoms with van der Waals surface area (Å²) in [6.07, 6.45) is 2.23. The van der Waals surface area contributed by atoms with Crippen LogP contribution in [-0.2, 0) is 18.5 Å². The number of ether oxygens (including phenoxy) is 1. The zero-order chi connectivity index (χ0) is 27.6. The van der Waals surface area contributed by atoms with Crippen molar-refractivity contribution >= 4 is 10.9 Å². The van der Waals surface area contributed by atoms with Gasteiger partial charge in [-0.05, 0) is 91.0 Å². The quantitative estimate of drug-likeness (QED) is 0.291. The van der Waals surface area contributed by atoms with Gasteiger partial charge in [-0.3, -0.25) is 9.69 Å². The Bertz CT molecular complexity index is 1600. The number of H-pyrrole nitrogens is 1. The first-order valence-electron chi connectivity index (χ1n) is 12.7. The molecule has 1 atom stereocenters. The van der Waals surface area contributed by atoms with Gasteiger partial charge < -0.3 is 14.1 Å². The molecule has 0 aliphatic rings. The van der Waals surface area contributed by atoms with E-state index in [4.69, 9.17) is 9.15 Å². The number of rotatable bonds is 9. The highest BCUT2D eigenvalue weighted by Crippen LogP contribution is 2.31. The molecule has 9 nitrogen and oxygen atoms in total. The number of halogens is 1.